The minimum atomic E-state index is -0.169. The molecule has 1 atom stereocenters. The van der Waals surface area contributed by atoms with Gasteiger partial charge >= 0.3 is 0 Å². The number of carbonyl (C=O) groups is 1. The number of nitrogens with one attached hydrogen (secondary N) is 2. The van der Waals surface area contributed by atoms with Crippen LogP contribution in [0.1, 0.15) is 38.4 Å². The van der Waals surface area contributed by atoms with Gasteiger partial charge in [0.25, 0.3) is 0 Å². The maximum absolute atomic E-state index is 11.4. The zero-order chi connectivity index (χ0) is 20.0. The van der Waals surface area contributed by atoms with Crippen molar-refractivity contribution in [1.82, 2.24) is 15.5 Å². The largest absolute Gasteiger partial charge is 0.467 e. The number of hydrogen-bond acceptors (Lipinski definition) is 5. The summed E-state index contributed by atoms with van der Waals surface area (Å²) in [5.74, 6) is 1.52. The summed E-state index contributed by atoms with van der Waals surface area (Å²) in [5.41, 5.74) is 5.44. The lowest BCUT2D eigenvalue weighted by molar-refractivity contribution is -0.123. The minimum Gasteiger partial charge on any atom is -0.467 e. The molecule has 0 aromatic carbocycles. The van der Waals surface area contributed by atoms with Gasteiger partial charge in [-0.3, -0.25) is 9.79 Å². The van der Waals surface area contributed by atoms with Gasteiger partial charge in [0.1, 0.15) is 12.4 Å². The Bertz CT molecular complexity index is 576. The van der Waals surface area contributed by atoms with E-state index in [-0.39, 0.29) is 11.8 Å². The highest BCUT2D eigenvalue weighted by Gasteiger charge is 2.23. The van der Waals surface area contributed by atoms with Crippen LogP contribution in [0.3, 0.4) is 0 Å². The zero-order valence-electron chi connectivity index (χ0n) is 17.0. The molecule has 1 aromatic rings. The Labute approximate surface area is 167 Å². The molecule has 1 amide bonds. The molecule has 1 aliphatic rings. The Kier molecular flexibility index (Phi) is 10.5. The average Bonchev–Trinajstić information content (AvgIpc) is 3.21. The van der Waals surface area contributed by atoms with Gasteiger partial charge in [-0.25, -0.2) is 0 Å². The fourth-order valence-corrected chi connectivity index (χ4v) is 3.27. The molecule has 0 saturated carbocycles. The van der Waals surface area contributed by atoms with E-state index >= 15 is 0 Å². The van der Waals surface area contributed by atoms with Crippen molar-refractivity contribution >= 4 is 11.9 Å². The van der Waals surface area contributed by atoms with E-state index in [0.29, 0.717) is 19.8 Å². The molecule has 2 rings (SSSR count). The number of likely N-dealkylation sites (tertiary alicyclic amines) is 1. The van der Waals surface area contributed by atoms with Crippen molar-refractivity contribution in [2.45, 2.75) is 39.2 Å². The zero-order valence-corrected chi connectivity index (χ0v) is 17.0. The first-order valence-corrected chi connectivity index (χ1v) is 10.3. The van der Waals surface area contributed by atoms with Gasteiger partial charge in [-0.2, -0.15) is 0 Å². The third-order valence-corrected chi connectivity index (χ3v) is 4.74. The second-order valence-corrected chi connectivity index (χ2v) is 7.07. The van der Waals surface area contributed by atoms with Crippen LogP contribution in [0.4, 0.5) is 0 Å². The maximum atomic E-state index is 11.4. The summed E-state index contributed by atoms with van der Waals surface area (Å²) in [7, 11) is 0. The molecule has 158 valence electrons. The van der Waals surface area contributed by atoms with Crippen molar-refractivity contribution in [2.24, 2.45) is 16.6 Å². The molecule has 1 aromatic heterocycles. The monoisotopic (exact) mass is 393 g/mol. The standard InChI is InChI=1S/C20H35N5O3/c1-2-22-20(24-10-6-13-27-16-18-8-4-14-28-18)23-9-5-12-25-11-3-7-17(15-25)19(21)26/h4,8,14,17H,2-3,5-7,9-13,15-16H2,1H3,(H2,21,26)(H2,22,23,24). The first kappa shape index (κ1) is 22.2. The highest BCUT2D eigenvalue weighted by atomic mass is 16.5. The van der Waals surface area contributed by atoms with Gasteiger partial charge in [-0.1, -0.05) is 0 Å². The molecule has 1 unspecified atom stereocenters. The Morgan fingerprint density at radius 3 is 3.07 bits per heavy atom. The highest BCUT2D eigenvalue weighted by Crippen LogP contribution is 2.15. The van der Waals surface area contributed by atoms with E-state index in [0.717, 1.165) is 70.1 Å². The van der Waals surface area contributed by atoms with Crippen molar-refractivity contribution in [3.63, 3.8) is 0 Å². The molecular formula is C20H35N5O3. The number of furan rings is 1. The lowest BCUT2D eigenvalue weighted by atomic mass is 9.97. The predicted molar refractivity (Wildman–Crippen MR) is 110 cm³/mol. The quantitative estimate of drug-likeness (QED) is 0.281. The van der Waals surface area contributed by atoms with E-state index in [1.165, 1.54) is 0 Å². The fraction of sp³-hybridized carbons (Fsp3) is 0.700. The number of primary amides is 1. The molecule has 28 heavy (non-hydrogen) atoms. The number of aliphatic imine (C=N–C) groups is 1. The number of ether oxygens (including phenoxy) is 1. The number of amides is 1. The Balaban J connectivity index is 1.56. The number of piperidine rings is 1. The van der Waals surface area contributed by atoms with Gasteiger partial charge in [0.05, 0.1) is 12.2 Å². The van der Waals surface area contributed by atoms with Crippen molar-refractivity contribution in [3.8, 4) is 0 Å². The van der Waals surface area contributed by atoms with Gasteiger partial charge in [0.2, 0.25) is 5.91 Å². The van der Waals surface area contributed by atoms with E-state index in [9.17, 15) is 4.79 Å². The van der Waals surface area contributed by atoms with Gasteiger partial charge in [-0.05, 0) is 57.8 Å². The van der Waals surface area contributed by atoms with Crippen molar-refractivity contribution in [2.75, 3.05) is 45.9 Å². The lowest BCUT2D eigenvalue weighted by Gasteiger charge is -2.31. The Morgan fingerprint density at radius 1 is 1.43 bits per heavy atom. The summed E-state index contributed by atoms with van der Waals surface area (Å²) in [6.45, 7) is 8.41. The van der Waals surface area contributed by atoms with E-state index in [2.05, 4.69) is 27.4 Å². The predicted octanol–water partition coefficient (Wildman–Crippen LogP) is 1.33. The van der Waals surface area contributed by atoms with E-state index in [4.69, 9.17) is 14.9 Å². The van der Waals surface area contributed by atoms with Gasteiger partial charge < -0.3 is 30.4 Å². The van der Waals surface area contributed by atoms with Crippen LogP contribution in [0.2, 0.25) is 0 Å². The van der Waals surface area contributed by atoms with Crippen LogP contribution in [0.15, 0.2) is 27.8 Å². The molecule has 0 bridgehead atoms. The second kappa shape index (κ2) is 13.2. The summed E-state index contributed by atoms with van der Waals surface area (Å²) in [6.07, 6.45) is 5.49. The number of nitrogens with zero attached hydrogens (tertiary/aromatic N) is 2. The SMILES string of the molecule is CCNC(=NCCCOCc1ccco1)NCCCN1CCCC(C(N)=O)C1. The first-order chi connectivity index (χ1) is 13.7. The summed E-state index contributed by atoms with van der Waals surface area (Å²) < 4.78 is 10.8. The van der Waals surface area contributed by atoms with Gasteiger partial charge in [0, 0.05) is 32.8 Å². The topological polar surface area (TPSA) is 105 Å². The second-order valence-electron chi connectivity index (χ2n) is 7.07. The molecule has 1 aliphatic heterocycles. The smallest absolute Gasteiger partial charge is 0.221 e. The molecule has 0 aliphatic carbocycles. The minimum absolute atomic E-state index is 0.00981. The highest BCUT2D eigenvalue weighted by molar-refractivity contribution is 5.79. The molecule has 0 spiro atoms. The molecule has 2 heterocycles. The van der Waals surface area contributed by atoms with Crippen LogP contribution in [0, 0.1) is 5.92 Å². The third kappa shape index (κ3) is 8.75. The summed E-state index contributed by atoms with van der Waals surface area (Å²) >= 11 is 0. The Morgan fingerprint density at radius 2 is 2.32 bits per heavy atom. The molecule has 8 heteroatoms. The average molecular weight is 394 g/mol. The van der Waals surface area contributed by atoms with Crippen molar-refractivity contribution in [1.29, 1.82) is 0 Å². The summed E-state index contributed by atoms with van der Waals surface area (Å²) in [4.78, 5) is 18.3. The van der Waals surface area contributed by atoms with Gasteiger partial charge in [-0.15, -0.1) is 0 Å². The van der Waals surface area contributed by atoms with Crippen LogP contribution in [-0.4, -0.2) is 62.6 Å². The normalized spacial score (nSPS) is 18.2. The van der Waals surface area contributed by atoms with Crippen molar-refractivity contribution < 1.29 is 13.9 Å². The number of guanidine groups is 1. The number of hydrogen-bond donors (Lipinski definition) is 3. The van der Waals surface area contributed by atoms with Crippen LogP contribution in [-0.2, 0) is 16.1 Å². The van der Waals surface area contributed by atoms with E-state index in [1.807, 2.05) is 12.1 Å². The van der Waals surface area contributed by atoms with Gasteiger partial charge in [0.15, 0.2) is 5.96 Å². The first-order valence-electron chi connectivity index (χ1n) is 10.3. The van der Waals surface area contributed by atoms with Crippen LogP contribution < -0.4 is 16.4 Å². The van der Waals surface area contributed by atoms with Crippen LogP contribution in [0.25, 0.3) is 0 Å². The van der Waals surface area contributed by atoms with Crippen LogP contribution >= 0.6 is 0 Å². The fourth-order valence-electron chi connectivity index (χ4n) is 3.27. The van der Waals surface area contributed by atoms with E-state index in [1.54, 1.807) is 6.26 Å². The third-order valence-electron chi connectivity index (χ3n) is 4.74. The summed E-state index contributed by atoms with van der Waals surface area (Å²) in [6, 6.07) is 3.77. The maximum Gasteiger partial charge on any atom is 0.221 e. The molecule has 8 nitrogen and oxygen atoms in total. The van der Waals surface area contributed by atoms with Crippen LogP contribution in [0.5, 0.6) is 0 Å². The summed E-state index contributed by atoms with van der Waals surface area (Å²) in [5, 5.41) is 6.64. The van der Waals surface area contributed by atoms with Crippen molar-refractivity contribution in [3.05, 3.63) is 24.2 Å². The van der Waals surface area contributed by atoms with E-state index < -0.39 is 0 Å². The lowest BCUT2D eigenvalue weighted by Crippen LogP contribution is -2.43. The number of carbonyl (C=O) groups excluding carboxylic acids is 1. The Hall–Kier alpha value is -2.06. The molecule has 4 N–H and O–H groups in total. The molecule has 1 fully saturated rings. The molecular weight excluding hydrogens is 358 g/mol. The number of rotatable bonds is 12. The molecule has 0 radical (unpaired) electrons. The molecule has 1 saturated heterocycles. The number of nitrogens with two attached hydrogens (primary N) is 1.